The number of rotatable bonds is 1. The van der Waals surface area contributed by atoms with Crippen LogP contribution in [-0.4, -0.2) is 0 Å². The lowest BCUT2D eigenvalue weighted by molar-refractivity contribution is 0.817. The smallest absolute Gasteiger partial charge is 0.0420 e. The van der Waals surface area contributed by atoms with Crippen LogP contribution >= 0.6 is 39.9 Å². The van der Waals surface area contributed by atoms with E-state index < -0.39 is 0 Å². The molecular formula is C8H10BrCl2N. The van der Waals surface area contributed by atoms with Gasteiger partial charge in [0.1, 0.15) is 0 Å². The molecule has 1 atom stereocenters. The zero-order valence-corrected chi connectivity index (χ0v) is 9.71. The first kappa shape index (κ1) is 12.2. The summed E-state index contributed by atoms with van der Waals surface area (Å²) in [6.45, 7) is 1.93. The van der Waals surface area contributed by atoms with E-state index in [4.69, 9.17) is 17.3 Å². The van der Waals surface area contributed by atoms with E-state index in [2.05, 4.69) is 15.9 Å². The van der Waals surface area contributed by atoms with Crippen LogP contribution < -0.4 is 5.73 Å². The Morgan fingerprint density at radius 2 is 2.00 bits per heavy atom. The summed E-state index contributed by atoms with van der Waals surface area (Å²) in [5.41, 5.74) is 6.72. The van der Waals surface area contributed by atoms with Crippen LogP contribution in [0, 0.1) is 0 Å². The van der Waals surface area contributed by atoms with Gasteiger partial charge in [0.25, 0.3) is 0 Å². The Morgan fingerprint density at radius 1 is 1.42 bits per heavy atom. The third-order valence-corrected chi connectivity index (χ3v) is 2.09. The number of hydrogen-bond donors (Lipinski definition) is 1. The third kappa shape index (κ3) is 3.31. The summed E-state index contributed by atoms with van der Waals surface area (Å²) in [5.74, 6) is 0. The van der Waals surface area contributed by atoms with Crippen LogP contribution in [0.1, 0.15) is 18.5 Å². The minimum atomic E-state index is 0. The van der Waals surface area contributed by atoms with Crippen molar-refractivity contribution in [3.8, 4) is 0 Å². The van der Waals surface area contributed by atoms with Gasteiger partial charge in [-0.3, -0.25) is 0 Å². The molecule has 0 aliphatic heterocycles. The molecule has 1 aromatic rings. The van der Waals surface area contributed by atoms with Crippen LogP contribution in [0.4, 0.5) is 0 Å². The van der Waals surface area contributed by atoms with Gasteiger partial charge in [0.05, 0.1) is 0 Å². The van der Waals surface area contributed by atoms with Crippen molar-refractivity contribution in [1.82, 2.24) is 0 Å². The molecule has 0 heterocycles. The molecule has 1 nitrogen and oxygen atoms in total. The van der Waals surface area contributed by atoms with Crippen molar-refractivity contribution in [3.63, 3.8) is 0 Å². The minimum absolute atomic E-state index is 0. The average Bonchev–Trinajstić information content (AvgIpc) is 1.85. The van der Waals surface area contributed by atoms with E-state index >= 15 is 0 Å². The summed E-state index contributed by atoms with van der Waals surface area (Å²) >= 11 is 9.15. The van der Waals surface area contributed by atoms with Gasteiger partial charge in [0.2, 0.25) is 0 Å². The van der Waals surface area contributed by atoms with Crippen molar-refractivity contribution in [2.45, 2.75) is 13.0 Å². The molecule has 0 aliphatic rings. The van der Waals surface area contributed by atoms with Crippen LogP contribution in [-0.2, 0) is 0 Å². The molecular weight excluding hydrogens is 261 g/mol. The molecule has 0 radical (unpaired) electrons. The van der Waals surface area contributed by atoms with Gasteiger partial charge in [-0.05, 0) is 30.7 Å². The Balaban J connectivity index is 0.00000121. The molecule has 0 aromatic heterocycles. The first-order chi connectivity index (χ1) is 5.09. The molecule has 0 amide bonds. The van der Waals surface area contributed by atoms with E-state index in [1.54, 1.807) is 0 Å². The molecule has 0 bridgehead atoms. The second-order valence-corrected chi connectivity index (χ2v) is 3.84. The van der Waals surface area contributed by atoms with Crippen LogP contribution in [0.2, 0.25) is 5.02 Å². The Hall–Kier alpha value is 0.240. The van der Waals surface area contributed by atoms with Crippen molar-refractivity contribution < 1.29 is 0 Å². The van der Waals surface area contributed by atoms with E-state index in [0.717, 1.165) is 10.0 Å². The molecule has 0 aliphatic carbocycles. The molecule has 68 valence electrons. The number of benzene rings is 1. The Morgan fingerprint density at radius 3 is 2.42 bits per heavy atom. The number of hydrogen-bond acceptors (Lipinski definition) is 1. The second-order valence-electron chi connectivity index (χ2n) is 2.49. The van der Waals surface area contributed by atoms with Gasteiger partial charge in [-0.15, -0.1) is 12.4 Å². The summed E-state index contributed by atoms with van der Waals surface area (Å²) in [5, 5.41) is 0.715. The normalized spacial score (nSPS) is 12.0. The van der Waals surface area contributed by atoms with Crippen LogP contribution in [0.3, 0.4) is 0 Å². The summed E-state index contributed by atoms with van der Waals surface area (Å²) < 4.78 is 0.970. The predicted molar refractivity (Wildman–Crippen MR) is 59.0 cm³/mol. The molecule has 0 saturated heterocycles. The van der Waals surface area contributed by atoms with Crippen molar-refractivity contribution in [2.24, 2.45) is 5.73 Å². The molecule has 12 heavy (non-hydrogen) atoms. The molecule has 0 saturated carbocycles. The SMILES string of the molecule is C[C@@H](N)c1cc(Cl)cc(Br)c1.Cl. The van der Waals surface area contributed by atoms with Crippen molar-refractivity contribution in [3.05, 3.63) is 33.3 Å². The lowest BCUT2D eigenvalue weighted by Crippen LogP contribution is -2.04. The molecule has 2 N–H and O–H groups in total. The maximum Gasteiger partial charge on any atom is 0.0420 e. The van der Waals surface area contributed by atoms with E-state index in [-0.39, 0.29) is 18.4 Å². The van der Waals surface area contributed by atoms with E-state index in [9.17, 15) is 0 Å². The highest BCUT2D eigenvalue weighted by atomic mass is 79.9. The maximum atomic E-state index is 5.81. The van der Waals surface area contributed by atoms with Gasteiger partial charge in [-0.25, -0.2) is 0 Å². The van der Waals surface area contributed by atoms with Crippen LogP contribution in [0.25, 0.3) is 0 Å². The molecule has 0 fully saturated rings. The fraction of sp³-hybridized carbons (Fsp3) is 0.250. The maximum absolute atomic E-state index is 5.81. The van der Waals surface area contributed by atoms with Gasteiger partial charge in [0.15, 0.2) is 0 Å². The van der Waals surface area contributed by atoms with Gasteiger partial charge < -0.3 is 5.73 Å². The highest BCUT2D eigenvalue weighted by Crippen LogP contribution is 2.22. The topological polar surface area (TPSA) is 26.0 Å². The average molecular weight is 271 g/mol. The summed E-state index contributed by atoms with van der Waals surface area (Å²) in [6.07, 6.45) is 0. The van der Waals surface area contributed by atoms with Crippen molar-refractivity contribution >= 4 is 39.9 Å². The first-order valence-electron chi connectivity index (χ1n) is 3.31. The lowest BCUT2D eigenvalue weighted by Gasteiger charge is -2.05. The van der Waals surface area contributed by atoms with Gasteiger partial charge >= 0.3 is 0 Å². The van der Waals surface area contributed by atoms with Gasteiger partial charge in [-0.1, -0.05) is 27.5 Å². The highest BCUT2D eigenvalue weighted by Gasteiger charge is 2.01. The fourth-order valence-corrected chi connectivity index (χ4v) is 1.72. The quantitative estimate of drug-likeness (QED) is 0.830. The standard InChI is InChI=1S/C8H9BrClN.ClH/c1-5(11)6-2-7(9)4-8(10)3-6;/h2-5H,11H2,1H3;1H/t5-;/m1./s1. The predicted octanol–water partition coefficient (Wildman–Crippen LogP) is 3.54. The number of nitrogens with two attached hydrogens (primary N) is 1. The van der Waals surface area contributed by atoms with E-state index in [0.29, 0.717) is 5.02 Å². The zero-order chi connectivity index (χ0) is 8.43. The second kappa shape index (κ2) is 5.07. The summed E-state index contributed by atoms with van der Waals surface area (Å²) in [7, 11) is 0. The fourth-order valence-electron chi connectivity index (χ4n) is 0.838. The Labute approximate surface area is 91.8 Å². The monoisotopic (exact) mass is 269 g/mol. The third-order valence-electron chi connectivity index (χ3n) is 1.41. The molecule has 0 unspecified atom stereocenters. The van der Waals surface area contributed by atoms with E-state index in [1.807, 2.05) is 25.1 Å². The summed E-state index contributed by atoms with van der Waals surface area (Å²) in [6, 6.07) is 5.71. The lowest BCUT2D eigenvalue weighted by atomic mass is 10.1. The largest absolute Gasteiger partial charge is 0.324 e. The molecule has 0 spiro atoms. The molecule has 4 heteroatoms. The Bertz CT molecular complexity index is 243. The Kier molecular flexibility index (Phi) is 5.18. The minimum Gasteiger partial charge on any atom is -0.324 e. The highest BCUT2D eigenvalue weighted by molar-refractivity contribution is 9.10. The van der Waals surface area contributed by atoms with Crippen LogP contribution in [0.15, 0.2) is 22.7 Å². The van der Waals surface area contributed by atoms with Gasteiger partial charge in [0, 0.05) is 15.5 Å². The summed E-state index contributed by atoms with van der Waals surface area (Å²) in [4.78, 5) is 0. The molecule has 1 aromatic carbocycles. The van der Waals surface area contributed by atoms with Gasteiger partial charge in [-0.2, -0.15) is 0 Å². The van der Waals surface area contributed by atoms with Crippen molar-refractivity contribution in [2.75, 3.05) is 0 Å². The molecule has 1 rings (SSSR count). The number of halogens is 3. The van der Waals surface area contributed by atoms with Crippen LogP contribution in [0.5, 0.6) is 0 Å². The first-order valence-corrected chi connectivity index (χ1v) is 4.48. The van der Waals surface area contributed by atoms with Crippen molar-refractivity contribution in [1.29, 1.82) is 0 Å². The van der Waals surface area contributed by atoms with E-state index in [1.165, 1.54) is 0 Å². The zero-order valence-electron chi connectivity index (χ0n) is 6.55.